The van der Waals surface area contributed by atoms with E-state index < -0.39 is 23.6 Å². The Balaban J connectivity index is 2.76. The van der Waals surface area contributed by atoms with Crippen LogP contribution in [0.2, 0.25) is 5.02 Å². The van der Waals surface area contributed by atoms with Crippen LogP contribution in [0.4, 0.5) is 8.78 Å². The Kier molecular flexibility index (Phi) is 5.04. The van der Waals surface area contributed by atoms with Crippen LogP contribution in [0.5, 0.6) is 0 Å². The third-order valence-electron chi connectivity index (χ3n) is 2.50. The minimum absolute atomic E-state index is 0.0197. The Morgan fingerprint density at radius 3 is 2.50 bits per heavy atom. The van der Waals surface area contributed by atoms with Crippen LogP contribution in [0.25, 0.3) is 0 Å². The summed E-state index contributed by atoms with van der Waals surface area (Å²) in [4.78, 5) is 11.7. The summed E-state index contributed by atoms with van der Waals surface area (Å²) in [6, 6.07) is 1.47. The van der Waals surface area contributed by atoms with Gasteiger partial charge in [-0.1, -0.05) is 25.4 Å². The van der Waals surface area contributed by atoms with Gasteiger partial charge >= 0.3 is 0 Å². The molecule has 2 N–H and O–H groups in total. The van der Waals surface area contributed by atoms with E-state index in [2.05, 4.69) is 5.32 Å². The molecule has 0 heterocycles. The van der Waals surface area contributed by atoms with Gasteiger partial charge in [-0.3, -0.25) is 4.79 Å². The quantitative estimate of drug-likeness (QED) is 0.830. The zero-order valence-corrected chi connectivity index (χ0v) is 10.8. The highest BCUT2D eigenvalue weighted by Gasteiger charge is 2.16. The van der Waals surface area contributed by atoms with E-state index in [0.717, 1.165) is 12.1 Å². The fourth-order valence-electron chi connectivity index (χ4n) is 1.22. The fraction of sp³-hybridized carbons (Fsp3) is 0.417. The summed E-state index contributed by atoms with van der Waals surface area (Å²) in [5.41, 5.74) is -0.161. The van der Waals surface area contributed by atoms with Crippen molar-refractivity contribution in [2.45, 2.75) is 20.0 Å². The van der Waals surface area contributed by atoms with Gasteiger partial charge in [0.15, 0.2) is 11.6 Å². The number of aliphatic hydroxyl groups excluding tert-OH is 1. The maximum Gasteiger partial charge on any atom is 0.252 e. The molecule has 3 nitrogen and oxygen atoms in total. The maximum atomic E-state index is 13.0. The van der Waals surface area contributed by atoms with E-state index in [4.69, 9.17) is 11.6 Å². The summed E-state index contributed by atoms with van der Waals surface area (Å²) in [5, 5.41) is 11.7. The molecule has 1 unspecified atom stereocenters. The van der Waals surface area contributed by atoms with Crippen LogP contribution in [0, 0.1) is 17.6 Å². The smallest absolute Gasteiger partial charge is 0.252 e. The highest BCUT2D eigenvalue weighted by Crippen LogP contribution is 2.19. The molecule has 1 amide bonds. The molecular weight excluding hydrogens is 264 g/mol. The van der Waals surface area contributed by atoms with Crippen molar-refractivity contribution in [3.8, 4) is 0 Å². The first kappa shape index (κ1) is 14.9. The molecule has 6 heteroatoms. The number of hydrogen-bond acceptors (Lipinski definition) is 2. The lowest BCUT2D eigenvalue weighted by Crippen LogP contribution is -2.34. The Bertz CT molecular complexity index is 452. The summed E-state index contributed by atoms with van der Waals surface area (Å²) >= 11 is 5.64. The standard InChI is InChI=1S/C12H14ClF2NO2/c1-6(2)11(17)5-16-12(18)7-3-9(14)10(15)4-8(7)13/h3-4,6,11,17H,5H2,1-2H3,(H,16,18). The Morgan fingerprint density at radius 2 is 1.94 bits per heavy atom. The van der Waals surface area contributed by atoms with Crippen molar-refractivity contribution in [3.05, 3.63) is 34.4 Å². The van der Waals surface area contributed by atoms with Crippen LogP contribution in [-0.2, 0) is 0 Å². The number of halogens is 3. The molecule has 1 aromatic carbocycles. The Hall–Kier alpha value is -1.20. The number of amides is 1. The van der Waals surface area contributed by atoms with Crippen molar-refractivity contribution >= 4 is 17.5 Å². The molecule has 0 aliphatic heterocycles. The molecule has 1 aromatic rings. The SMILES string of the molecule is CC(C)C(O)CNC(=O)c1cc(F)c(F)cc1Cl. The van der Waals surface area contributed by atoms with Crippen LogP contribution in [0.1, 0.15) is 24.2 Å². The number of carbonyl (C=O) groups excluding carboxylic acids is 1. The monoisotopic (exact) mass is 277 g/mol. The predicted octanol–water partition coefficient (Wildman–Crippen LogP) is 2.36. The lowest BCUT2D eigenvalue weighted by atomic mass is 10.1. The van der Waals surface area contributed by atoms with E-state index in [1.807, 2.05) is 0 Å². The molecule has 0 bridgehead atoms. The van der Waals surface area contributed by atoms with E-state index in [9.17, 15) is 18.7 Å². The third-order valence-corrected chi connectivity index (χ3v) is 2.81. The molecule has 0 saturated carbocycles. The molecule has 0 spiro atoms. The lowest BCUT2D eigenvalue weighted by Gasteiger charge is -2.15. The van der Waals surface area contributed by atoms with Crippen LogP contribution < -0.4 is 5.32 Å². The van der Waals surface area contributed by atoms with Crippen molar-refractivity contribution in [1.29, 1.82) is 0 Å². The van der Waals surface area contributed by atoms with E-state index in [-0.39, 0.29) is 23.0 Å². The number of rotatable bonds is 4. The van der Waals surface area contributed by atoms with Gasteiger partial charge in [0.2, 0.25) is 0 Å². The maximum absolute atomic E-state index is 13.0. The topological polar surface area (TPSA) is 49.3 Å². The van der Waals surface area contributed by atoms with Gasteiger partial charge in [0.25, 0.3) is 5.91 Å². The van der Waals surface area contributed by atoms with Crippen molar-refractivity contribution in [1.82, 2.24) is 5.32 Å². The molecule has 100 valence electrons. The zero-order valence-electron chi connectivity index (χ0n) is 10.0. The number of aliphatic hydroxyl groups is 1. The fourth-order valence-corrected chi connectivity index (χ4v) is 1.46. The average Bonchev–Trinajstić information content (AvgIpc) is 2.30. The zero-order chi connectivity index (χ0) is 13.9. The van der Waals surface area contributed by atoms with Gasteiger partial charge in [0, 0.05) is 6.54 Å². The summed E-state index contributed by atoms with van der Waals surface area (Å²) < 4.78 is 25.8. The van der Waals surface area contributed by atoms with E-state index in [0.29, 0.717) is 0 Å². The third kappa shape index (κ3) is 3.65. The molecule has 1 rings (SSSR count). The number of hydrogen-bond donors (Lipinski definition) is 2. The second-order valence-corrected chi connectivity index (χ2v) is 4.67. The summed E-state index contributed by atoms with van der Waals surface area (Å²) in [7, 11) is 0. The van der Waals surface area contributed by atoms with Gasteiger partial charge < -0.3 is 10.4 Å². The molecule has 0 aliphatic rings. The Morgan fingerprint density at radius 1 is 1.39 bits per heavy atom. The van der Waals surface area contributed by atoms with Gasteiger partial charge in [-0.2, -0.15) is 0 Å². The highest BCUT2D eigenvalue weighted by molar-refractivity contribution is 6.33. The molecule has 0 radical (unpaired) electrons. The van der Waals surface area contributed by atoms with Crippen molar-refractivity contribution in [2.24, 2.45) is 5.92 Å². The van der Waals surface area contributed by atoms with Gasteiger partial charge in [0.1, 0.15) is 0 Å². The first-order chi connectivity index (χ1) is 8.32. The first-order valence-electron chi connectivity index (χ1n) is 5.43. The number of nitrogens with one attached hydrogen (secondary N) is 1. The van der Waals surface area contributed by atoms with Gasteiger partial charge in [-0.25, -0.2) is 8.78 Å². The van der Waals surface area contributed by atoms with E-state index >= 15 is 0 Å². The second kappa shape index (κ2) is 6.11. The minimum Gasteiger partial charge on any atom is -0.391 e. The average molecular weight is 278 g/mol. The summed E-state index contributed by atoms with van der Waals surface area (Å²) in [5.74, 6) is -2.93. The summed E-state index contributed by atoms with van der Waals surface area (Å²) in [6.45, 7) is 3.61. The lowest BCUT2D eigenvalue weighted by molar-refractivity contribution is 0.0871. The second-order valence-electron chi connectivity index (χ2n) is 4.27. The molecule has 0 saturated heterocycles. The molecular formula is C12H14ClF2NO2. The minimum atomic E-state index is -1.14. The first-order valence-corrected chi connectivity index (χ1v) is 5.81. The van der Waals surface area contributed by atoms with Gasteiger partial charge in [-0.15, -0.1) is 0 Å². The van der Waals surface area contributed by atoms with Crippen LogP contribution >= 0.6 is 11.6 Å². The highest BCUT2D eigenvalue weighted by atomic mass is 35.5. The summed E-state index contributed by atoms with van der Waals surface area (Å²) in [6.07, 6.45) is -0.710. The Labute approximate surface area is 109 Å². The molecule has 18 heavy (non-hydrogen) atoms. The largest absolute Gasteiger partial charge is 0.391 e. The van der Waals surface area contributed by atoms with Crippen molar-refractivity contribution in [3.63, 3.8) is 0 Å². The van der Waals surface area contributed by atoms with Gasteiger partial charge in [0.05, 0.1) is 16.7 Å². The van der Waals surface area contributed by atoms with E-state index in [1.54, 1.807) is 13.8 Å². The number of benzene rings is 1. The molecule has 0 fully saturated rings. The molecule has 0 aromatic heterocycles. The van der Waals surface area contributed by atoms with Gasteiger partial charge in [-0.05, 0) is 18.1 Å². The van der Waals surface area contributed by atoms with Crippen LogP contribution in [-0.4, -0.2) is 23.7 Å². The van der Waals surface area contributed by atoms with Crippen molar-refractivity contribution in [2.75, 3.05) is 6.54 Å². The normalized spacial score (nSPS) is 12.6. The molecule has 1 atom stereocenters. The van der Waals surface area contributed by atoms with E-state index in [1.165, 1.54) is 0 Å². The van der Waals surface area contributed by atoms with Crippen LogP contribution in [0.3, 0.4) is 0 Å². The van der Waals surface area contributed by atoms with Crippen LogP contribution in [0.15, 0.2) is 12.1 Å². The predicted molar refractivity (Wildman–Crippen MR) is 64.5 cm³/mol. The molecule has 0 aliphatic carbocycles. The van der Waals surface area contributed by atoms with Crippen molar-refractivity contribution < 1.29 is 18.7 Å². The number of carbonyl (C=O) groups is 1.